The highest BCUT2D eigenvalue weighted by atomic mass is 16.5. The van der Waals surface area contributed by atoms with Crippen molar-refractivity contribution in [2.75, 3.05) is 18.0 Å². The predicted octanol–water partition coefficient (Wildman–Crippen LogP) is 1.60. The van der Waals surface area contributed by atoms with E-state index in [9.17, 15) is 0 Å². The Labute approximate surface area is 142 Å². The molecule has 2 aromatic rings. The maximum absolute atomic E-state index is 6.07. The fraction of sp³-hybridized carbons (Fsp3) is 0.750. The van der Waals surface area contributed by atoms with Crippen molar-refractivity contribution < 1.29 is 4.74 Å². The van der Waals surface area contributed by atoms with E-state index in [0.29, 0.717) is 5.92 Å². The van der Waals surface area contributed by atoms with Gasteiger partial charge in [0.1, 0.15) is 0 Å². The molecule has 8 heteroatoms. The Morgan fingerprint density at radius 3 is 2.58 bits per heavy atom. The van der Waals surface area contributed by atoms with E-state index in [1.807, 2.05) is 21.6 Å². The van der Waals surface area contributed by atoms with Gasteiger partial charge in [-0.25, -0.2) is 4.68 Å². The van der Waals surface area contributed by atoms with Gasteiger partial charge in [0, 0.05) is 32.0 Å². The first-order chi connectivity index (χ1) is 11.7. The summed E-state index contributed by atoms with van der Waals surface area (Å²) in [6, 6.07) is 1.94. The van der Waals surface area contributed by atoms with Crippen LogP contribution in [0.3, 0.4) is 0 Å². The van der Waals surface area contributed by atoms with Crippen LogP contribution in [0.2, 0.25) is 0 Å². The minimum Gasteiger partial charge on any atom is -0.371 e. The van der Waals surface area contributed by atoms with E-state index in [0.717, 1.165) is 45.0 Å². The van der Waals surface area contributed by atoms with Crippen LogP contribution >= 0.6 is 0 Å². The zero-order valence-corrected chi connectivity index (χ0v) is 14.7. The number of rotatable bonds is 7. The van der Waals surface area contributed by atoms with Gasteiger partial charge in [-0.1, -0.05) is 25.9 Å². The molecule has 0 amide bonds. The van der Waals surface area contributed by atoms with Crippen molar-refractivity contribution in [1.82, 2.24) is 30.0 Å². The van der Waals surface area contributed by atoms with Crippen molar-refractivity contribution in [1.29, 1.82) is 0 Å². The number of morpholine rings is 1. The van der Waals surface area contributed by atoms with E-state index in [2.05, 4.69) is 46.3 Å². The normalized spacial score (nSPS) is 22.7. The average Bonchev–Trinajstić information content (AvgIpc) is 3.26. The summed E-state index contributed by atoms with van der Waals surface area (Å²) < 4.78 is 9.94. The maximum Gasteiger partial charge on any atom is 0.245 e. The monoisotopic (exact) mass is 333 g/mol. The SMILES string of the molecule is CCC1CN(c2nnnn2CC(C)Cn2cccn2)CC(CC)O1. The van der Waals surface area contributed by atoms with E-state index in [1.165, 1.54) is 0 Å². The lowest BCUT2D eigenvalue weighted by molar-refractivity contribution is -0.0292. The molecule has 0 aliphatic carbocycles. The smallest absolute Gasteiger partial charge is 0.245 e. The van der Waals surface area contributed by atoms with Gasteiger partial charge in [-0.3, -0.25) is 4.68 Å². The molecule has 3 unspecified atom stereocenters. The molecule has 8 nitrogen and oxygen atoms in total. The molecule has 24 heavy (non-hydrogen) atoms. The third-order valence-corrected chi connectivity index (χ3v) is 4.48. The van der Waals surface area contributed by atoms with Crippen molar-refractivity contribution in [3.63, 3.8) is 0 Å². The molecule has 1 aliphatic rings. The average molecular weight is 333 g/mol. The summed E-state index contributed by atoms with van der Waals surface area (Å²) in [5.74, 6) is 1.24. The molecule has 3 atom stereocenters. The minimum atomic E-state index is 0.246. The lowest BCUT2D eigenvalue weighted by Gasteiger charge is -2.37. The molecule has 0 saturated carbocycles. The molecule has 1 aliphatic heterocycles. The van der Waals surface area contributed by atoms with Gasteiger partial charge < -0.3 is 9.64 Å². The lowest BCUT2D eigenvalue weighted by Crippen LogP contribution is -2.48. The topological polar surface area (TPSA) is 73.9 Å². The summed E-state index contributed by atoms with van der Waals surface area (Å²) in [7, 11) is 0. The molecule has 2 aromatic heterocycles. The van der Waals surface area contributed by atoms with Crippen molar-refractivity contribution in [3.8, 4) is 0 Å². The zero-order valence-electron chi connectivity index (χ0n) is 14.7. The van der Waals surface area contributed by atoms with Gasteiger partial charge in [-0.05, 0) is 35.3 Å². The zero-order chi connectivity index (χ0) is 16.9. The van der Waals surface area contributed by atoms with Gasteiger partial charge in [-0.15, -0.1) is 0 Å². The Kier molecular flexibility index (Phi) is 5.44. The van der Waals surface area contributed by atoms with E-state index in [1.54, 1.807) is 6.20 Å². The summed E-state index contributed by atoms with van der Waals surface area (Å²) in [6.07, 6.45) is 6.29. The molecule has 132 valence electrons. The molecule has 0 spiro atoms. The molecule has 1 saturated heterocycles. The van der Waals surface area contributed by atoms with Gasteiger partial charge in [0.15, 0.2) is 0 Å². The number of tetrazole rings is 1. The summed E-state index contributed by atoms with van der Waals surface area (Å²) in [5, 5.41) is 16.7. The molecule has 0 aromatic carbocycles. The summed E-state index contributed by atoms with van der Waals surface area (Å²) >= 11 is 0. The fourth-order valence-electron chi connectivity index (χ4n) is 3.16. The highest BCUT2D eigenvalue weighted by molar-refractivity contribution is 5.29. The van der Waals surface area contributed by atoms with Crippen LogP contribution < -0.4 is 4.90 Å². The third kappa shape index (κ3) is 3.92. The van der Waals surface area contributed by atoms with Crippen LogP contribution in [0.1, 0.15) is 33.6 Å². The largest absolute Gasteiger partial charge is 0.371 e. The quantitative estimate of drug-likeness (QED) is 0.766. The van der Waals surface area contributed by atoms with E-state index in [-0.39, 0.29) is 12.2 Å². The van der Waals surface area contributed by atoms with Crippen LogP contribution in [0, 0.1) is 5.92 Å². The first-order valence-electron chi connectivity index (χ1n) is 8.83. The van der Waals surface area contributed by atoms with Crippen molar-refractivity contribution in [2.24, 2.45) is 5.92 Å². The van der Waals surface area contributed by atoms with E-state index < -0.39 is 0 Å². The Morgan fingerprint density at radius 1 is 1.21 bits per heavy atom. The second-order valence-corrected chi connectivity index (χ2v) is 6.60. The molecule has 3 rings (SSSR count). The van der Waals surface area contributed by atoms with Gasteiger partial charge in [0.05, 0.1) is 18.8 Å². The third-order valence-electron chi connectivity index (χ3n) is 4.48. The molecule has 1 fully saturated rings. The second kappa shape index (κ2) is 7.74. The van der Waals surface area contributed by atoms with Gasteiger partial charge >= 0.3 is 0 Å². The van der Waals surface area contributed by atoms with E-state index >= 15 is 0 Å². The minimum absolute atomic E-state index is 0.246. The molecule has 0 bridgehead atoms. The van der Waals surface area contributed by atoms with Crippen LogP contribution in [-0.4, -0.2) is 55.3 Å². The Balaban J connectivity index is 1.67. The number of nitrogens with zero attached hydrogens (tertiary/aromatic N) is 7. The Hall–Kier alpha value is -1.96. The number of aromatic nitrogens is 6. The van der Waals surface area contributed by atoms with Crippen LogP contribution in [-0.2, 0) is 17.8 Å². The van der Waals surface area contributed by atoms with Crippen molar-refractivity contribution in [3.05, 3.63) is 18.5 Å². The van der Waals surface area contributed by atoms with Crippen LogP contribution in [0.25, 0.3) is 0 Å². The highest BCUT2D eigenvalue weighted by Gasteiger charge is 2.29. The number of ether oxygens (including phenoxy) is 1. The first-order valence-corrected chi connectivity index (χ1v) is 8.83. The highest BCUT2D eigenvalue weighted by Crippen LogP contribution is 2.21. The second-order valence-electron chi connectivity index (χ2n) is 6.60. The van der Waals surface area contributed by atoms with Crippen molar-refractivity contribution >= 4 is 5.95 Å². The maximum atomic E-state index is 6.07. The number of anilines is 1. The van der Waals surface area contributed by atoms with Crippen LogP contribution in [0.4, 0.5) is 5.95 Å². The summed E-state index contributed by atoms with van der Waals surface area (Å²) in [6.45, 7) is 9.84. The number of hydrogen-bond donors (Lipinski definition) is 0. The molecular formula is C16H27N7O. The number of hydrogen-bond acceptors (Lipinski definition) is 6. The van der Waals surface area contributed by atoms with Gasteiger partial charge in [0.25, 0.3) is 0 Å². The van der Waals surface area contributed by atoms with Gasteiger partial charge in [0.2, 0.25) is 5.95 Å². The van der Waals surface area contributed by atoms with Crippen LogP contribution in [0.15, 0.2) is 18.5 Å². The summed E-state index contributed by atoms with van der Waals surface area (Å²) in [5.41, 5.74) is 0. The van der Waals surface area contributed by atoms with Crippen molar-refractivity contribution in [2.45, 2.75) is 58.9 Å². The standard InChI is InChI=1S/C16H27N7O/c1-4-14-11-21(12-15(5-2)24-14)16-18-19-20-23(16)10-13(3)9-22-8-6-7-17-22/h6-8,13-15H,4-5,9-12H2,1-3H3. The van der Waals surface area contributed by atoms with Crippen LogP contribution in [0.5, 0.6) is 0 Å². The predicted molar refractivity (Wildman–Crippen MR) is 90.7 cm³/mol. The van der Waals surface area contributed by atoms with Gasteiger partial charge in [-0.2, -0.15) is 5.10 Å². The molecule has 0 N–H and O–H groups in total. The lowest BCUT2D eigenvalue weighted by atomic mass is 10.1. The summed E-state index contributed by atoms with van der Waals surface area (Å²) in [4.78, 5) is 2.27. The molecular weight excluding hydrogens is 306 g/mol. The Morgan fingerprint density at radius 2 is 1.96 bits per heavy atom. The fourth-order valence-corrected chi connectivity index (χ4v) is 3.16. The Bertz CT molecular complexity index is 600. The first kappa shape index (κ1) is 16.9. The van der Waals surface area contributed by atoms with E-state index in [4.69, 9.17) is 4.74 Å². The molecule has 3 heterocycles. The molecule has 0 radical (unpaired) electrons.